The lowest BCUT2D eigenvalue weighted by Crippen LogP contribution is -2.52. The molecule has 1 heterocycles. The Morgan fingerprint density at radius 2 is 1.73 bits per heavy atom. The molecule has 2 N–H and O–H groups in total. The fourth-order valence-corrected chi connectivity index (χ4v) is 3.37. The molecule has 0 aromatic heterocycles. The van der Waals surface area contributed by atoms with Crippen LogP contribution in [0.1, 0.15) is 33.3 Å². The summed E-state index contributed by atoms with van der Waals surface area (Å²) in [5, 5.41) is 6.93. The normalized spacial score (nSPS) is 15.5. The zero-order chi connectivity index (χ0) is 21.3. The molecule has 1 saturated heterocycles. The molecular formula is C22H40IN5O2. The molecule has 2 rings (SSSR count). The van der Waals surface area contributed by atoms with Crippen LogP contribution in [-0.2, 0) is 6.54 Å². The van der Waals surface area contributed by atoms with Crippen molar-refractivity contribution in [3.05, 3.63) is 23.8 Å². The third-order valence-electron chi connectivity index (χ3n) is 4.89. The molecule has 0 unspecified atom stereocenters. The van der Waals surface area contributed by atoms with E-state index >= 15 is 0 Å². The number of nitrogens with one attached hydrogen (secondary N) is 2. The minimum absolute atomic E-state index is 0. The third-order valence-corrected chi connectivity index (χ3v) is 4.89. The van der Waals surface area contributed by atoms with Crippen LogP contribution in [0, 0.1) is 0 Å². The van der Waals surface area contributed by atoms with Crippen LogP contribution >= 0.6 is 24.0 Å². The smallest absolute Gasteiger partial charge is 0.194 e. The fraction of sp³-hybridized carbons (Fsp3) is 0.682. The molecule has 0 aliphatic carbocycles. The Bertz CT molecular complexity index is 655. The second-order valence-electron chi connectivity index (χ2n) is 8.36. The average molecular weight is 533 g/mol. The first-order valence-corrected chi connectivity index (χ1v) is 10.6. The third kappa shape index (κ3) is 8.85. The molecule has 172 valence electrons. The zero-order valence-electron chi connectivity index (χ0n) is 19.5. The van der Waals surface area contributed by atoms with Gasteiger partial charge in [0, 0.05) is 51.4 Å². The van der Waals surface area contributed by atoms with Crippen LogP contribution in [0.2, 0.25) is 0 Å². The molecule has 0 bridgehead atoms. The van der Waals surface area contributed by atoms with Crippen LogP contribution in [0.3, 0.4) is 0 Å². The molecule has 0 amide bonds. The molecule has 30 heavy (non-hydrogen) atoms. The summed E-state index contributed by atoms with van der Waals surface area (Å²) in [6, 6.07) is 6.16. The van der Waals surface area contributed by atoms with Gasteiger partial charge in [-0.2, -0.15) is 0 Å². The Hall–Kier alpha value is -1.26. The standard InChI is InChI=1S/C22H39N5O2.HI/c1-7-23-21(24-10-11-25-22(2,3)4)27-14-12-26(13-15-27)17-18-8-9-19(28-5)20(16-18)29-6;/h8-9,16,25H,7,10-15,17H2,1-6H3,(H,23,24);1H. The summed E-state index contributed by atoms with van der Waals surface area (Å²) in [6.45, 7) is 16.1. The van der Waals surface area contributed by atoms with Gasteiger partial charge in [-0.1, -0.05) is 6.07 Å². The predicted molar refractivity (Wildman–Crippen MR) is 136 cm³/mol. The molecule has 7 nitrogen and oxygen atoms in total. The molecule has 1 aromatic rings. The maximum atomic E-state index is 5.43. The average Bonchev–Trinajstić information content (AvgIpc) is 2.70. The summed E-state index contributed by atoms with van der Waals surface area (Å²) >= 11 is 0. The molecule has 1 aromatic carbocycles. The van der Waals surface area contributed by atoms with E-state index in [1.54, 1.807) is 14.2 Å². The van der Waals surface area contributed by atoms with Gasteiger partial charge in [0.05, 0.1) is 20.8 Å². The van der Waals surface area contributed by atoms with E-state index in [9.17, 15) is 0 Å². The molecule has 0 atom stereocenters. The summed E-state index contributed by atoms with van der Waals surface area (Å²) < 4.78 is 10.8. The first-order chi connectivity index (χ1) is 13.9. The molecule has 8 heteroatoms. The molecular weight excluding hydrogens is 493 g/mol. The highest BCUT2D eigenvalue weighted by molar-refractivity contribution is 14.0. The number of aliphatic imine (C=N–C) groups is 1. The van der Waals surface area contributed by atoms with Gasteiger partial charge in [0.2, 0.25) is 0 Å². The van der Waals surface area contributed by atoms with Crippen LogP contribution in [0.25, 0.3) is 0 Å². The van der Waals surface area contributed by atoms with E-state index in [-0.39, 0.29) is 29.5 Å². The van der Waals surface area contributed by atoms with Crippen molar-refractivity contribution in [2.45, 2.75) is 39.8 Å². The second kappa shape index (κ2) is 13.2. The topological polar surface area (TPSA) is 61.4 Å². The number of methoxy groups -OCH3 is 2. The highest BCUT2D eigenvalue weighted by Crippen LogP contribution is 2.28. The van der Waals surface area contributed by atoms with Crippen molar-refractivity contribution in [3.63, 3.8) is 0 Å². The van der Waals surface area contributed by atoms with Crippen LogP contribution in [-0.4, -0.2) is 81.3 Å². The number of benzene rings is 1. The minimum Gasteiger partial charge on any atom is -0.493 e. The number of halogens is 1. The van der Waals surface area contributed by atoms with Crippen molar-refractivity contribution in [3.8, 4) is 11.5 Å². The lowest BCUT2D eigenvalue weighted by Gasteiger charge is -2.36. The quantitative estimate of drug-likeness (QED) is 0.232. The van der Waals surface area contributed by atoms with Crippen molar-refractivity contribution in [1.82, 2.24) is 20.4 Å². The van der Waals surface area contributed by atoms with Gasteiger partial charge in [-0.25, -0.2) is 0 Å². The van der Waals surface area contributed by atoms with E-state index in [0.717, 1.165) is 69.8 Å². The summed E-state index contributed by atoms with van der Waals surface area (Å²) in [7, 11) is 3.35. The highest BCUT2D eigenvalue weighted by Gasteiger charge is 2.20. The van der Waals surface area contributed by atoms with Gasteiger partial charge in [0.1, 0.15) is 0 Å². The van der Waals surface area contributed by atoms with E-state index in [1.165, 1.54) is 5.56 Å². The Labute approximate surface area is 199 Å². The zero-order valence-corrected chi connectivity index (χ0v) is 21.8. The van der Waals surface area contributed by atoms with Crippen LogP contribution in [0.15, 0.2) is 23.2 Å². The maximum Gasteiger partial charge on any atom is 0.194 e. The Balaban J connectivity index is 0.00000450. The predicted octanol–water partition coefficient (Wildman–Crippen LogP) is 2.79. The molecule has 1 aliphatic rings. The number of nitrogens with zero attached hydrogens (tertiary/aromatic N) is 3. The molecule has 0 radical (unpaired) electrons. The number of piperazine rings is 1. The van der Waals surface area contributed by atoms with Gasteiger partial charge >= 0.3 is 0 Å². The number of ether oxygens (including phenoxy) is 2. The Morgan fingerprint density at radius 1 is 1.07 bits per heavy atom. The van der Waals surface area contributed by atoms with E-state index in [0.29, 0.717) is 0 Å². The van der Waals surface area contributed by atoms with Crippen molar-refractivity contribution in [2.24, 2.45) is 4.99 Å². The number of hydrogen-bond donors (Lipinski definition) is 2. The van der Waals surface area contributed by atoms with E-state index in [2.05, 4.69) is 60.3 Å². The summed E-state index contributed by atoms with van der Waals surface area (Å²) in [4.78, 5) is 9.65. The summed E-state index contributed by atoms with van der Waals surface area (Å²) in [5.41, 5.74) is 1.37. The van der Waals surface area contributed by atoms with E-state index in [1.807, 2.05) is 6.07 Å². The number of guanidine groups is 1. The second-order valence-corrected chi connectivity index (χ2v) is 8.36. The molecule has 1 fully saturated rings. The highest BCUT2D eigenvalue weighted by atomic mass is 127. The monoisotopic (exact) mass is 533 g/mol. The van der Waals surface area contributed by atoms with Crippen molar-refractivity contribution < 1.29 is 9.47 Å². The first-order valence-electron chi connectivity index (χ1n) is 10.6. The van der Waals surface area contributed by atoms with Gasteiger partial charge in [0.25, 0.3) is 0 Å². The Morgan fingerprint density at radius 3 is 2.30 bits per heavy atom. The summed E-state index contributed by atoms with van der Waals surface area (Å²) in [6.07, 6.45) is 0. The summed E-state index contributed by atoms with van der Waals surface area (Å²) in [5.74, 6) is 2.58. The van der Waals surface area contributed by atoms with Gasteiger partial charge < -0.3 is 25.0 Å². The maximum absolute atomic E-state index is 5.43. The van der Waals surface area contributed by atoms with Crippen LogP contribution in [0.5, 0.6) is 11.5 Å². The van der Waals surface area contributed by atoms with E-state index < -0.39 is 0 Å². The van der Waals surface area contributed by atoms with E-state index in [4.69, 9.17) is 14.5 Å². The SMILES string of the molecule is CCNC(=NCCNC(C)(C)C)N1CCN(Cc2ccc(OC)c(OC)c2)CC1.I. The number of rotatable bonds is 8. The molecule has 0 spiro atoms. The Kier molecular flexibility index (Phi) is 11.8. The lowest BCUT2D eigenvalue weighted by atomic mass is 10.1. The fourth-order valence-electron chi connectivity index (χ4n) is 3.37. The molecule has 1 aliphatic heterocycles. The molecule has 0 saturated carbocycles. The van der Waals surface area contributed by atoms with Gasteiger partial charge in [0.15, 0.2) is 17.5 Å². The number of hydrogen-bond acceptors (Lipinski definition) is 5. The van der Waals surface area contributed by atoms with Crippen molar-refractivity contribution in [2.75, 3.05) is 60.0 Å². The lowest BCUT2D eigenvalue weighted by molar-refractivity contribution is 0.172. The van der Waals surface area contributed by atoms with Crippen LogP contribution < -0.4 is 20.1 Å². The van der Waals surface area contributed by atoms with Gasteiger partial charge in [-0.05, 0) is 45.4 Å². The van der Waals surface area contributed by atoms with Crippen LogP contribution in [0.4, 0.5) is 0 Å². The van der Waals surface area contributed by atoms with Crippen molar-refractivity contribution >= 4 is 29.9 Å². The largest absolute Gasteiger partial charge is 0.493 e. The first kappa shape index (κ1) is 26.8. The minimum atomic E-state index is 0. The van der Waals surface area contributed by atoms with Crippen molar-refractivity contribution in [1.29, 1.82) is 0 Å². The van der Waals surface area contributed by atoms with Gasteiger partial charge in [-0.3, -0.25) is 9.89 Å². The van der Waals surface area contributed by atoms with Gasteiger partial charge in [-0.15, -0.1) is 24.0 Å².